The van der Waals surface area contributed by atoms with Crippen LogP contribution in [0.25, 0.3) is 0 Å². The minimum absolute atomic E-state index is 0.0825. The highest BCUT2D eigenvalue weighted by Gasteiger charge is 2.22. The standard InChI is InChI=1S/C13H20N4O3S/c1-9-6-14-3-4-17(9)13(19)8-21-7-12(18)15-11-5-10(2)20-16-11/h5,9,14H,3-4,6-8H2,1-2H3,(H,15,16,18)/t9-/m0/s1. The smallest absolute Gasteiger partial charge is 0.235 e. The fourth-order valence-electron chi connectivity index (χ4n) is 2.13. The lowest BCUT2D eigenvalue weighted by Gasteiger charge is -2.33. The summed E-state index contributed by atoms with van der Waals surface area (Å²) in [5.74, 6) is 1.47. The lowest BCUT2D eigenvalue weighted by Crippen LogP contribution is -2.52. The summed E-state index contributed by atoms with van der Waals surface area (Å²) in [6.07, 6.45) is 0. The molecule has 2 rings (SSSR count). The van der Waals surface area contributed by atoms with Crippen LogP contribution in [0.15, 0.2) is 10.6 Å². The molecule has 2 heterocycles. The zero-order valence-electron chi connectivity index (χ0n) is 12.2. The van der Waals surface area contributed by atoms with Crippen molar-refractivity contribution in [2.75, 3.05) is 36.5 Å². The van der Waals surface area contributed by atoms with Crippen molar-refractivity contribution < 1.29 is 14.1 Å². The Morgan fingerprint density at radius 1 is 1.57 bits per heavy atom. The monoisotopic (exact) mass is 312 g/mol. The van der Waals surface area contributed by atoms with Crippen LogP contribution in [0, 0.1) is 6.92 Å². The Bertz CT molecular complexity index is 505. The van der Waals surface area contributed by atoms with Crippen LogP contribution >= 0.6 is 11.8 Å². The third kappa shape index (κ3) is 4.75. The average Bonchev–Trinajstić information content (AvgIpc) is 2.84. The third-order valence-corrected chi connectivity index (χ3v) is 4.09. The molecule has 2 amide bonds. The zero-order valence-corrected chi connectivity index (χ0v) is 13.0. The summed E-state index contributed by atoms with van der Waals surface area (Å²) < 4.78 is 4.86. The van der Waals surface area contributed by atoms with Gasteiger partial charge in [0, 0.05) is 31.7 Å². The average molecular weight is 312 g/mol. The molecule has 116 valence electrons. The second kappa shape index (κ2) is 7.46. The van der Waals surface area contributed by atoms with Crippen LogP contribution < -0.4 is 10.6 Å². The summed E-state index contributed by atoms with van der Waals surface area (Å²) in [5.41, 5.74) is 0. The molecule has 0 spiro atoms. The van der Waals surface area contributed by atoms with E-state index in [0.29, 0.717) is 17.3 Å². The molecular weight excluding hydrogens is 292 g/mol. The van der Waals surface area contributed by atoms with Crippen LogP contribution in [0.2, 0.25) is 0 Å². The molecule has 21 heavy (non-hydrogen) atoms. The first kappa shape index (κ1) is 15.8. The van der Waals surface area contributed by atoms with Crippen LogP contribution in [-0.4, -0.2) is 59.1 Å². The highest BCUT2D eigenvalue weighted by Crippen LogP contribution is 2.10. The fraction of sp³-hybridized carbons (Fsp3) is 0.615. The molecule has 0 aromatic carbocycles. The highest BCUT2D eigenvalue weighted by molar-refractivity contribution is 8.00. The summed E-state index contributed by atoms with van der Waals surface area (Å²) in [6, 6.07) is 1.86. The quantitative estimate of drug-likeness (QED) is 0.822. The number of anilines is 1. The number of nitrogens with one attached hydrogen (secondary N) is 2. The van der Waals surface area contributed by atoms with Crippen molar-refractivity contribution in [1.82, 2.24) is 15.4 Å². The van der Waals surface area contributed by atoms with Gasteiger partial charge in [0.05, 0.1) is 11.5 Å². The van der Waals surface area contributed by atoms with Gasteiger partial charge in [0.25, 0.3) is 0 Å². The van der Waals surface area contributed by atoms with E-state index >= 15 is 0 Å². The predicted octanol–water partition coefficient (Wildman–Crippen LogP) is 0.475. The number of rotatable bonds is 5. The summed E-state index contributed by atoms with van der Waals surface area (Å²) in [7, 11) is 0. The van der Waals surface area contributed by atoms with Gasteiger partial charge in [0.15, 0.2) is 5.82 Å². The van der Waals surface area contributed by atoms with Crippen LogP contribution in [0.4, 0.5) is 5.82 Å². The van der Waals surface area contributed by atoms with Gasteiger partial charge < -0.3 is 20.1 Å². The van der Waals surface area contributed by atoms with Gasteiger partial charge in [-0.3, -0.25) is 9.59 Å². The number of aryl methyl sites for hydroxylation is 1. The molecule has 8 heteroatoms. The number of carbonyl (C=O) groups is 2. The van der Waals surface area contributed by atoms with Crippen molar-refractivity contribution in [2.24, 2.45) is 0 Å². The number of nitrogens with zero attached hydrogens (tertiary/aromatic N) is 2. The van der Waals surface area contributed by atoms with Crippen molar-refractivity contribution in [3.8, 4) is 0 Å². The maximum absolute atomic E-state index is 12.1. The van der Waals surface area contributed by atoms with E-state index in [4.69, 9.17) is 4.52 Å². The molecule has 0 aliphatic carbocycles. The van der Waals surface area contributed by atoms with Gasteiger partial charge >= 0.3 is 0 Å². The lowest BCUT2D eigenvalue weighted by molar-refractivity contribution is -0.131. The van der Waals surface area contributed by atoms with Crippen molar-refractivity contribution in [2.45, 2.75) is 19.9 Å². The minimum atomic E-state index is -0.186. The number of aromatic nitrogens is 1. The molecular formula is C13H20N4O3S. The van der Waals surface area contributed by atoms with Crippen molar-refractivity contribution >= 4 is 29.4 Å². The summed E-state index contributed by atoms with van der Waals surface area (Å²) in [5, 5.41) is 9.55. The van der Waals surface area contributed by atoms with Gasteiger partial charge in [-0.1, -0.05) is 5.16 Å². The molecule has 1 aliphatic heterocycles. The van der Waals surface area contributed by atoms with Gasteiger partial charge in [-0.2, -0.15) is 0 Å². The maximum Gasteiger partial charge on any atom is 0.235 e. The zero-order chi connectivity index (χ0) is 15.2. The van der Waals surface area contributed by atoms with E-state index in [0.717, 1.165) is 19.6 Å². The van der Waals surface area contributed by atoms with Gasteiger partial charge in [-0.05, 0) is 13.8 Å². The van der Waals surface area contributed by atoms with E-state index in [-0.39, 0.29) is 23.6 Å². The molecule has 0 radical (unpaired) electrons. The van der Waals surface area contributed by atoms with E-state index in [1.165, 1.54) is 11.8 Å². The Labute approximate surface area is 127 Å². The van der Waals surface area contributed by atoms with Crippen molar-refractivity contribution in [1.29, 1.82) is 0 Å². The predicted molar refractivity (Wildman–Crippen MR) is 81.2 cm³/mol. The Hall–Kier alpha value is -1.54. The van der Waals surface area contributed by atoms with Crippen LogP contribution in [0.5, 0.6) is 0 Å². The number of amides is 2. The minimum Gasteiger partial charge on any atom is -0.360 e. The first-order valence-corrected chi connectivity index (χ1v) is 8.03. The van der Waals surface area contributed by atoms with Crippen molar-refractivity contribution in [3.63, 3.8) is 0 Å². The van der Waals surface area contributed by atoms with Gasteiger partial charge in [-0.15, -0.1) is 11.8 Å². The van der Waals surface area contributed by atoms with E-state index in [9.17, 15) is 9.59 Å². The normalized spacial score (nSPS) is 18.6. The maximum atomic E-state index is 12.1. The molecule has 1 aromatic rings. The first-order valence-electron chi connectivity index (χ1n) is 6.87. The lowest BCUT2D eigenvalue weighted by atomic mass is 10.2. The Morgan fingerprint density at radius 2 is 2.38 bits per heavy atom. The molecule has 0 bridgehead atoms. The fourth-order valence-corrected chi connectivity index (χ4v) is 2.83. The Morgan fingerprint density at radius 3 is 3.05 bits per heavy atom. The second-order valence-electron chi connectivity index (χ2n) is 5.00. The molecule has 1 atom stereocenters. The van der Waals surface area contributed by atoms with Crippen molar-refractivity contribution in [3.05, 3.63) is 11.8 Å². The number of piperazine rings is 1. The summed E-state index contributed by atoms with van der Waals surface area (Å²) in [4.78, 5) is 25.6. The molecule has 1 fully saturated rings. The van der Waals surface area contributed by atoms with Crippen LogP contribution in [0.1, 0.15) is 12.7 Å². The van der Waals surface area contributed by atoms with Gasteiger partial charge in [0.2, 0.25) is 11.8 Å². The molecule has 7 nitrogen and oxygen atoms in total. The molecule has 1 aliphatic rings. The second-order valence-corrected chi connectivity index (χ2v) is 5.99. The molecule has 2 N–H and O–H groups in total. The number of hydrogen-bond donors (Lipinski definition) is 2. The first-order chi connectivity index (χ1) is 10.1. The van der Waals surface area contributed by atoms with Gasteiger partial charge in [-0.25, -0.2) is 0 Å². The number of thioether (sulfide) groups is 1. The van der Waals surface area contributed by atoms with Crippen LogP contribution in [-0.2, 0) is 9.59 Å². The molecule has 1 aromatic heterocycles. The topological polar surface area (TPSA) is 87.5 Å². The number of hydrogen-bond acceptors (Lipinski definition) is 6. The van der Waals surface area contributed by atoms with E-state index < -0.39 is 0 Å². The Balaban J connectivity index is 1.68. The highest BCUT2D eigenvalue weighted by atomic mass is 32.2. The van der Waals surface area contributed by atoms with Gasteiger partial charge in [0.1, 0.15) is 5.76 Å². The van der Waals surface area contributed by atoms with E-state index in [1.807, 2.05) is 11.8 Å². The van der Waals surface area contributed by atoms with E-state index in [2.05, 4.69) is 15.8 Å². The Kier molecular flexibility index (Phi) is 5.63. The molecule has 0 unspecified atom stereocenters. The SMILES string of the molecule is Cc1cc(NC(=O)CSCC(=O)N2CCNC[C@@H]2C)no1. The number of carbonyl (C=O) groups excluding carboxylic acids is 2. The molecule has 0 saturated carbocycles. The largest absolute Gasteiger partial charge is 0.360 e. The summed E-state index contributed by atoms with van der Waals surface area (Å²) >= 11 is 1.31. The third-order valence-electron chi connectivity index (χ3n) is 3.18. The summed E-state index contributed by atoms with van der Waals surface area (Å²) in [6.45, 7) is 6.15. The van der Waals surface area contributed by atoms with E-state index in [1.54, 1.807) is 13.0 Å². The van der Waals surface area contributed by atoms with Crippen LogP contribution in [0.3, 0.4) is 0 Å². The molecule has 1 saturated heterocycles.